The lowest BCUT2D eigenvalue weighted by atomic mass is 9.99. The van der Waals surface area contributed by atoms with Crippen LogP contribution in [0.2, 0.25) is 0 Å². The fourth-order valence-electron chi connectivity index (χ4n) is 1.71. The maximum atomic E-state index is 11.6. The first kappa shape index (κ1) is 18.0. The highest BCUT2D eigenvalue weighted by atomic mass is 16.6. The van der Waals surface area contributed by atoms with Crippen molar-refractivity contribution < 1.29 is 19.1 Å². The third-order valence-corrected chi connectivity index (χ3v) is 3.36. The van der Waals surface area contributed by atoms with Crippen LogP contribution in [0, 0.1) is 5.92 Å². The molecule has 0 bridgehead atoms. The first-order chi connectivity index (χ1) is 10.4. The van der Waals surface area contributed by atoms with Crippen molar-refractivity contribution in [2.45, 2.75) is 40.0 Å². The van der Waals surface area contributed by atoms with E-state index >= 15 is 0 Å². The quantitative estimate of drug-likeness (QED) is 0.618. The molecule has 22 heavy (non-hydrogen) atoms. The van der Waals surface area contributed by atoms with Crippen LogP contribution in [0.1, 0.15) is 45.6 Å². The van der Waals surface area contributed by atoms with Crippen LogP contribution in [0.15, 0.2) is 24.3 Å². The average molecular weight is 307 g/mol. The molecule has 0 spiro atoms. The van der Waals surface area contributed by atoms with Gasteiger partial charge in [0.1, 0.15) is 12.4 Å². The SMILES string of the molecule is CCC(C)c1ccc(OC(=O)NCCOC(=O)C(C)C)cc1. The summed E-state index contributed by atoms with van der Waals surface area (Å²) in [6.45, 7) is 8.16. The standard InChI is InChI=1S/C17H25NO4/c1-5-13(4)14-6-8-15(9-7-14)22-17(20)18-10-11-21-16(19)12(2)3/h6-9,12-13H,5,10-11H2,1-4H3,(H,18,20). The summed E-state index contributed by atoms with van der Waals surface area (Å²) in [5.41, 5.74) is 1.22. The van der Waals surface area contributed by atoms with Gasteiger partial charge >= 0.3 is 12.1 Å². The Balaban J connectivity index is 2.31. The first-order valence-corrected chi connectivity index (χ1v) is 7.66. The molecule has 1 rings (SSSR count). The maximum absolute atomic E-state index is 11.6. The smallest absolute Gasteiger partial charge is 0.412 e. The summed E-state index contributed by atoms with van der Waals surface area (Å²) >= 11 is 0. The Hall–Kier alpha value is -2.04. The van der Waals surface area contributed by atoms with Gasteiger partial charge in [0.25, 0.3) is 0 Å². The molecule has 1 N–H and O–H groups in total. The van der Waals surface area contributed by atoms with E-state index in [4.69, 9.17) is 9.47 Å². The van der Waals surface area contributed by atoms with Gasteiger partial charge in [0.15, 0.2) is 0 Å². The van der Waals surface area contributed by atoms with Crippen molar-refractivity contribution in [3.8, 4) is 5.75 Å². The molecule has 1 amide bonds. The van der Waals surface area contributed by atoms with Crippen LogP contribution in [0.3, 0.4) is 0 Å². The lowest BCUT2D eigenvalue weighted by Gasteiger charge is -2.11. The van der Waals surface area contributed by atoms with E-state index < -0.39 is 6.09 Å². The van der Waals surface area contributed by atoms with E-state index in [2.05, 4.69) is 19.2 Å². The second kappa shape index (κ2) is 9.07. The van der Waals surface area contributed by atoms with Gasteiger partial charge in [0, 0.05) is 0 Å². The normalized spacial score (nSPS) is 11.9. The predicted molar refractivity (Wildman–Crippen MR) is 85.0 cm³/mol. The maximum Gasteiger partial charge on any atom is 0.412 e. The van der Waals surface area contributed by atoms with Crippen LogP contribution in [0.5, 0.6) is 5.75 Å². The lowest BCUT2D eigenvalue weighted by Crippen LogP contribution is -2.31. The Bertz CT molecular complexity index is 482. The van der Waals surface area contributed by atoms with Gasteiger partial charge in [-0.3, -0.25) is 4.79 Å². The molecule has 1 unspecified atom stereocenters. The molecule has 0 aromatic heterocycles. The minimum Gasteiger partial charge on any atom is -0.464 e. The number of rotatable bonds is 7. The van der Waals surface area contributed by atoms with Crippen molar-refractivity contribution in [2.75, 3.05) is 13.2 Å². The molecule has 0 aliphatic carbocycles. The Morgan fingerprint density at radius 3 is 2.32 bits per heavy atom. The molecule has 0 aliphatic rings. The number of carbonyl (C=O) groups is 2. The number of carbonyl (C=O) groups excluding carboxylic acids is 2. The van der Waals surface area contributed by atoms with E-state index in [9.17, 15) is 9.59 Å². The van der Waals surface area contributed by atoms with E-state index in [1.807, 2.05) is 12.1 Å². The van der Waals surface area contributed by atoms with Crippen LogP contribution >= 0.6 is 0 Å². The molecule has 5 nitrogen and oxygen atoms in total. The molecule has 0 fully saturated rings. The predicted octanol–water partition coefficient (Wildman–Crippen LogP) is 3.49. The van der Waals surface area contributed by atoms with E-state index in [1.165, 1.54) is 5.56 Å². The lowest BCUT2D eigenvalue weighted by molar-refractivity contribution is -0.147. The Morgan fingerprint density at radius 2 is 1.77 bits per heavy atom. The highest BCUT2D eigenvalue weighted by Crippen LogP contribution is 2.21. The second-order valence-electron chi connectivity index (χ2n) is 5.52. The summed E-state index contributed by atoms with van der Waals surface area (Å²) in [6.07, 6.45) is 0.507. The van der Waals surface area contributed by atoms with Crippen LogP contribution in [-0.2, 0) is 9.53 Å². The van der Waals surface area contributed by atoms with Crippen molar-refractivity contribution in [2.24, 2.45) is 5.92 Å². The third kappa shape index (κ3) is 6.16. The van der Waals surface area contributed by atoms with E-state index in [1.54, 1.807) is 26.0 Å². The van der Waals surface area contributed by atoms with Crippen LogP contribution < -0.4 is 10.1 Å². The van der Waals surface area contributed by atoms with Crippen molar-refractivity contribution in [1.29, 1.82) is 0 Å². The zero-order valence-corrected chi connectivity index (χ0v) is 13.7. The molecule has 122 valence electrons. The number of amides is 1. The number of esters is 1. The first-order valence-electron chi connectivity index (χ1n) is 7.66. The van der Waals surface area contributed by atoms with E-state index in [0.717, 1.165) is 6.42 Å². The highest BCUT2D eigenvalue weighted by molar-refractivity contribution is 5.72. The third-order valence-electron chi connectivity index (χ3n) is 3.36. The molecule has 1 aromatic carbocycles. The van der Waals surface area contributed by atoms with Gasteiger partial charge in [0.2, 0.25) is 0 Å². The van der Waals surface area contributed by atoms with Crippen LogP contribution in [-0.4, -0.2) is 25.2 Å². The molecule has 0 heterocycles. The fraction of sp³-hybridized carbons (Fsp3) is 0.529. The molecular weight excluding hydrogens is 282 g/mol. The Kier molecular flexibility index (Phi) is 7.43. The Morgan fingerprint density at radius 1 is 1.14 bits per heavy atom. The minimum absolute atomic E-state index is 0.138. The van der Waals surface area contributed by atoms with Crippen LogP contribution in [0.4, 0.5) is 4.79 Å². The zero-order valence-electron chi connectivity index (χ0n) is 13.7. The molecule has 1 atom stereocenters. The summed E-state index contributed by atoms with van der Waals surface area (Å²) in [5, 5.41) is 2.54. The number of hydrogen-bond acceptors (Lipinski definition) is 4. The summed E-state index contributed by atoms with van der Waals surface area (Å²) in [5.74, 6) is 0.522. The summed E-state index contributed by atoms with van der Waals surface area (Å²) in [7, 11) is 0. The monoisotopic (exact) mass is 307 g/mol. The van der Waals surface area contributed by atoms with E-state index in [0.29, 0.717) is 11.7 Å². The molecule has 5 heteroatoms. The van der Waals surface area contributed by atoms with Crippen molar-refractivity contribution in [3.05, 3.63) is 29.8 Å². The van der Waals surface area contributed by atoms with Crippen molar-refractivity contribution in [3.63, 3.8) is 0 Å². The van der Waals surface area contributed by atoms with Crippen molar-refractivity contribution in [1.82, 2.24) is 5.32 Å². The number of benzene rings is 1. The zero-order chi connectivity index (χ0) is 16.5. The largest absolute Gasteiger partial charge is 0.464 e. The highest BCUT2D eigenvalue weighted by Gasteiger charge is 2.09. The van der Waals surface area contributed by atoms with Gasteiger partial charge in [0.05, 0.1) is 12.5 Å². The van der Waals surface area contributed by atoms with Gasteiger partial charge in [-0.15, -0.1) is 0 Å². The van der Waals surface area contributed by atoms with Gasteiger partial charge in [-0.1, -0.05) is 39.8 Å². The fourth-order valence-corrected chi connectivity index (χ4v) is 1.71. The minimum atomic E-state index is -0.558. The Labute approximate surface area is 132 Å². The summed E-state index contributed by atoms with van der Waals surface area (Å²) < 4.78 is 10.1. The number of ether oxygens (including phenoxy) is 2. The molecule has 0 radical (unpaired) electrons. The molecule has 1 aromatic rings. The number of nitrogens with one attached hydrogen (secondary N) is 1. The molecule has 0 saturated carbocycles. The average Bonchev–Trinajstić information content (AvgIpc) is 2.51. The summed E-state index contributed by atoms with van der Waals surface area (Å²) in [6, 6.07) is 7.47. The van der Waals surface area contributed by atoms with Gasteiger partial charge in [-0.05, 0) is 30.0 Å². The topological polar surface area (TPSA) is 64.6 Å². The molecule has 0 saturated heterocycles. The van der Waals surface area contributed by atoms with E-state index in [-0.39, 0.29) is 25.0 Å². The summed E-state index contributed by atoms with van der Waals surface area (Å²) in [4.78, 5) is 22.8. The van der Waals surface area contributed by atoms with Gasteiger partial charge < -0.3 is 14.8 Å². The molecule has 0 aliphatic heterocycles. The molecular formula is C17H25NO4. The van der Waals surface area contributed by atoms with Crippen molar-refractivity contribution >= 4 is 12.1 Å². The van der Waals surface area contributed by atoms with Crippen LogP contribution in [0.25, 0.3) is 0 Å². The van der Waals surface area contributed by atoms with Gasteiger partial charge in [-0.25, -0.2) is 4.79 Å². The van der Waals surface area contributed by atoms with Gasteiger partial charge in [-0.2, -0.15) is 0 Å². The number of hydrogen-bond donors (Lipinski definition) is 1. The second-order valence-corrected chi connectivity index (χ2v) is 5.52.